The van der Waals surface area contributed by atoms with Crippen LogP contribution in [0.15, 0.2) is 34.4 Å². The van der Waals surface area contributed by atoms with Crippen LogP contribution < -0.4 is 0 Å². The first-order chi connectivity index (χ1) is 7.45. The zero-order valence-electron chi connectivity index (χ0n) is 8.62. The van der Waals surface area contributed by atoms with E-state index in [0.717, 1.165) is 39.6 Å². The van der Waals surface area contributed by atoms with Crippen molar-refractivity contribution in [2.45, 2.75) is 0 Å². The molecule has 3 heterocycles. The molecule has 15 heavy (non-hydrogen) atoms. The standard InChI is InChI=1S/C12H14O3/c1-3-13-5-9(1)11-7-15-8-12(11)10-2-4-14-6-10/h1-2H,3-8H2. The Bertz CT molecular complexity index is 329. The van der Waals surface area contributed by atoms with Gasteiger partial charge in [-0.2, -0.15) is 0 Å². The van der Waals surface area contributed by atoms with Gasteiger partial charge < -0.3 is 14.2 Å². The molecule has 0 spiro atoms. The molecule has 3 heteroatoms. The van der Waals surface area contributed by atoms with Gasteiger partial charge in [0.1, 0.15) is 0 Å². The molecular weight excluding hydrogens is 192 g/mol. The molecule has 0 saturated carbocycles. The van der Waals surface area contributed by atoms with Crippen LogP contribution in [0.1, 0.15) is 0 Å². The Kier molecular flexibility index (Phi) is 2.44. The predicted molar refractivity (Wildman–Crippen MR) is 55.6 cm³/mol. The summed E-state index contributed by atoms with van der Waals surface area (Å²) >= 11 is 0. The van der Waals surface area contributed by atoms with E-state index < -0.39 is 0 Å². The molecule has 0 unspecified atom stereocenters. The Labute approximate surface area is 89.0 Å². The van der Waals surface area contributed by atoms with Crippen LogP contribution in [0.25, 0.3) is 0 Å². The second-order valence-corrected chi connectivity index (χ2v) is 3.94. The Hall–Kier alpha value is -0.900. The first-order valence-electron chi connectivity index (χ1n) is 5.29. The van der Waals surface area contributed by atoms with Gasteiger partial charge in [-0.15, -0.1) is 0 Å². The Morgan fingerprint density at radius 2 is 1.20 bits per heavy atom. The van der Waals surface area contributed by atoms with Gasteiger partial charge in [0.2, 0.25) is 0 Å². The highest BCUT2D eigenvalue weighted by Crippen LogP contribution is 2.30. The van der Waals surface area contributed by atoms with Gasteiger partial charge >= 0.3 is 0 Å². The summed E-state index contributed by atoms with van der Waals surface area (Å²) in [5.74, 6) is 0. The highest BCUT2D eigenvalue weighted by molar-refractivity contribution is 5.49. The summed E-state index contributed by atoms with van der Waals surface area (Å²) < 4.78 is 16.2. The first-order valence-corrected chi connectivity index (χ1v) is 5.29. The van der Waals surface area contributed by atoms with E-state index in [4.69, 9.17) is 14.2 Å². The molecule has 0 aliphatic carbocycles. The topological polar surface area (TPSA) is 27.7 Å². The van der Waals surface area contributed by atoms with Crippen molar-refractivity contribution in [2.75, 3.05) is 39.6 Å². The molecule has 0 saturated heterocycles. The minimum atomic E-state index is 0.724. The van der Waals surface area contributed by atoms with E-state index in [1.807, 2.05) is 0 Å². The molecule has 0 N–H and O–H groups in total. The molecular formula is C12H14O3. The van der Waals surface area contributed by atoms with Crippen LogP contribution >= 0.6 is 0 Å². The predicted octanol–water partition coefficient (Wildman–Crippen LogP) is 1.23. The maximum Gasteiger partial charge on any atom is 0.0728 e. The second-order valence-electron chi connectivity index (χ2n) is 3.94. The Balaban J connectivity index is 1.92. The molecule has 0 amide bonds. The van der Waals surface area contributed by atoms with Gasteiger partial charge in [-0.05, 0) is 22.3 Å². The lowest BCUT2D eigenvalue weighted by Gasteiger charge is -2.06. The van der Waals surface area contributed by atoms with Crippen molar-refractivity contribution in [1.29, 1.82) is 0 Å². The van der Waals surface area contributed by atoms with E-state index >= 15 is 0 Å². The van der Waals surface area contributed by atoms with Gasteiger partial charge in [-0.3, -0.25) is 0 Å². The van der Waals surface area contributed by atoms with Crippen LogP contribution in [0.5, 0.6) is 0 Å². The lowest BCUT2D eigenvalue weighted by molar-refractivity contribution is 0.195. The summed E-state index contributed by atoms with van der Waals surface area (Å²) in [5, 5.41) is 0. The molecule has 0 aromatic rings. The molecule has 0 radical (unpaired) electrons. The van der Waals surface area contributed by atoms with Crippen LogP contribution in [-0.4, -0.2) is 39.6 Å². The summed E-state index contributed by atoms with van der Waals surface area (Å²) in [7, 11) is 0. The van der Waals surface area contributed by atoms with E-state index in [2.05, 4.69) is 12.2 Å². The number of ether oxygens (including phenoxy) is 3. The molecule has 3 aliphatic rings. The fraction of sp³-hybridized carbons (Fsp3) is 0.500. The third-order valence-electron chi connectivity index (χ3n) is 3.04. The van der Waals surface area contributed by atoms with Crippen molar-refractivity contribution in [2.24, 2.45) is 0 Å². The quantitative estimate of drug-likeness (QED) is 0.680. The number of hydrogen-bond acceptors (Lipinski definition) is 3. The summed E-state index contributed by atoms with van der Waals surface area (Å²) in [5.41, 5.74) is 5.25. The van der Waals surface area contributed by atoms with E-state index in [-0.39, 0.29) is 0 Å². The van der Waals surface area contributed by atoms with E-state index in [1.165, 1.54) is 22.3 Å². The monoisotopic (exact) mass is 206 g/mol. The molecule has 3 aliphatic heterocycles. The van der Waals surface area contributed by atoms with Crippen molar-refractivity contribution in [3.05, 3.63) is 34.4 Å². The van der Waals surface area contributed by atoms with Crippen molar-refractivity contribution >= 4 is 0 Å². The average Bonchev–Trinajstić information content (AvgIpc) is 3.01. The third-order valence-corrected chi connectivity index (χ3v) is 3.04. The van der Waals surface area contributed by atoms with Gasteiger partial charge in [0.15, 0.2) is 0 Å². The van der Waals surface area contributed by atoms with Crippen molar-refractivity contribution < 1.29 is 14.2 Å². The molecule has 0 aromatic heterocycles. The molecule has 0 aromatic carbocycles. The van der Waals surface area contributed by atoms with Crippen LogP contribution in [-0.2, 0) is 14.2 Å². The zero-order chi connectivity index (χ0) is 10.1. The van der Waals surface area contributed by atoms with Gasteiger partial charge in [0.25, 0.3) is 0 Å². The molecule has 3 rings (SSSR count). The SMILES string of the molecule is C1=C(C2=C(C3=CCOC3)COC2)COC1. The first kappa shape index (κ1) is 9.33. The zero-order valence-corrected chi connectivity index (χ0v) is 8.62. The van der Waals surface area contributed by atoms with Gasteiger partial charge in [-0.25, -0.2) is 0 Å². The summed E-state index contributed by atoms with van der Waals surface area (Å²) in [4.78, 5) is 0. The van der Waals surface area contributed by atoms with Crippen molar-refractivity contribution in [3.8, 4) is 0 Å². The largest absolute Gasteiger partial charge is 0.373 e. The molecule has 0 bridgehead atoms. The lowest BCUT2D eigenvalue weighted by Crippen LogP contribution is -2.00. The van der Waals surface area contributed by atoms with Crippen LogP contribution in [0.3, 0.4) is 0 Å². The lowest BCUT2D eigenvalue weighted by atomic mass is 9.98. The van der Waals surface area contributed by atoms with Crippen LogP contribution in [0.4, 0.5) is 0 Å². The maximum atomic E-state index is 5.53. The fourth-order valence-corrected chi connectivity index (χ4v) is 2.20. The summed E-state index contributed by atoms with van der Waals surface area (Å²) in [6.45, 7) is 4.39. The molecule has 0 fully saturated rings. The fourth-order valence-electron chi connectivity index (χ4n) is 2.20. The smallest absolute Gasteiger partial charge is 0.0728 e. The van der Waals surface area contributed by atoms with Crippen molar-refractivity contribution in [3.63, 3.8) is 0 Å². The third kappa shape index (κ3) is 1.67. The molecule has 0 atom stereocenters. The normalized spacial score (nSPS) is 26.1. The minimum Gasteiger partial charge on any atom is -0.373 e. The second kappa shape index (κ2) is 3.93. The van der Waals surface area contributed by atoms with E-state index in [0.29, 0.717) is 0 Å². The molecule has 80 valence electrons. The number of hydrogen-bond donors (Lipinski definition) is 0. The summed E-state index contributed by atoms with van der Waals surface area (Å²) in [6.07, 6.45) is 4.31. The average molecular weight is 206 g/mol. The highest BCUT2D eigenvalue weighted by Gasteiger charge is 2.24. The maximum absolute atomic E-state index is 5.53. The Morgan fingerprint density at radius 1 is 0.667 bits per heavy atom. The van der Waals surface area contributed by atoms with Gasteiger partial charge in [0.05, 0.1) is 39.6 Å². The van der Waals surface area contributed by atoms with E-state index in [1.54, 1.807) is 0 Å². The number of rotatable bonds is 2. The Morgan fingerprint density at radius 3 is 1.60 bits per heavy atom. The van der Waals surface area contributed by atoms with Crippen molar-refractivity contribution in [1.82, 2.24) is 0 Å². The van der Waals surface area contributed by atoms with E-state index in [9.17, 15) is 0 Å². The van der Waals surface area contributed by atoms with Gasteiger partial charge in [-0.1, -0.05) is 12.2 Å². The van der Waals surface area contributed by atoms with Crippen LogP contribution in [0, 0.1) is 0 Å². The van der Waals surface area contributed by atoms with Gasteiger partial charge in [0, 0.05) is 0 Å². The minimum absolute atomic E-state index is 0.724. The highest BCUT2D eigenvalue weighted by atomic mass is 16.5. The molecule has 3 nitrogen and oxygen atoms in total. The van der Waals surface area contributed by atoms with Crippen LogP contribution in [0.2, 0.25) is 0 Å². The summed E-state index contributed by atoms with van der Waals surface area (Å²) in [6, 6.07) is 0.